The van der Waals surface area contributed by atoms with E-state index in [-0.39, 0.29) is 0 Å². The first kappa shape index (κ1) is 14.8. The summed E-state index contributed by atoms with van der Waals surface area (Å²) < 4.78 is 27.3. The van der Waals surface area contributed by atoms with Crippen LogP contribution < -0.4 is 4.72 Å². The van der Waals surface area contributed by atoms with Crippen molar-refractivity contribution in [3.05, 3.63) is 69.5 Å². The molecule has 0 radical (unpaired) electrons. The lowest BCUT2D eigenvalue weighted by Gasteiger charge is -2.06. The van der Waals surface area contributed by atoms with E-state index in [9.17, 15) is 8.42 Å². The number of hydrogen-bond donors (Lipinski definition) is 1. The first-order valence-corrected chi connectivity index (χ1v) is 8.32. The second-order valence-corrected chi connectivity index (χ2v) is 6.75. The molecule has 2 aromatic rings. The Morgan fingerprint density at radius 3 is 2.45 bits per heavy atom. The van der Waals surface area contributed by atoms with Gasteiger partial charge in [0.25, 0.3) is 10.0 Å². The van der Waals surface area contributed by atoms with E-state index in [0.717, 1.165) is 21.0 Å². The maximum absolute atomic E-state index is 12.0. The summed E-state index contributed by atoms with van der Waals surface area (Å²) in [7, 11) is -3.51. The first-order chi connectivity index (χ1) is 9.46. The zero-order valence-corrected chi connectivity index (χ0v) is 13.3. The Morgan fingerprint density at radius 2 is 1.80 bits per heavy atom. The molecular formula is C15H14BrNO2S. The molecule has 0 saturated heterocycles. The lowest BCUT2D eigenvalue weighted by Crippen LogP contribution is -2.08. The number of anilines is 1. The minimum absolute atomic E-state index is 0.528. The number of benzene rings is 2. The van der Waals surface area contributed by atoms with Crippen molar-refractivity contribution in [1.82, 2.24) is 0 Å². The molecule has 0 spiro atoms. The molecule has 0 bridgehead atoms. The Hall–Kier alpha value is -1.59. The molecule has 0 fully saturated rings. The first-order valence-electron chi connectivity index (χ1n) is 5.98. The van der Waals surface area contributed by atoms with Crippen molar-refractivity contribution in [3.63, 3.8) is 0 Å². The quantitative estimate of drug-likeness (QED) is 0.898. The van der Waals surface area contributed by atoms with Gasteiger partial charge in [-0.1, -0.05) is 52.3 Å². The van der Waals surface area contributed by atoms with E-state index in [1.54, 1.807) is 18.2 Å². The molecule has 0 aliphatic carbocycles. The summed E-state index contributed by atoms with van der Waals surface area (Å²) in [6, 6.07) is 14.6. The van der Waals surface area contributed by atoms with Crippen LogP contribution in [0.1, 0.15) is 11.1 Å². The van der Waals surface area contributed by atoms with Gasteiger partial charge in [0.15, 0.2) is 0 Å². The Bertz CT molecular complexity index is 725. The summed E-state index contributed by atoms with van der Waals surface area (Å²) in [5, 5.41) is 1.16. The molecule has 0 aliphatic rings. The van der Waals surface area contributed by atoms with Crippen molar-refractivity contribution >= 4 is 37.7 Å². The second kappa shape index (κ2) is 6.24. The van der Waals surface area contributed by atoms with Crippen LogP contribution in [0.15, 0.2) is 58.4 Å². The molecular weight excluding hydrogens is 338 g/mol. The normalized spacial score (nSPS) is 11.7. The number of aryl methyl sites for hydroxylation is 1. The van der Waals surface area contributed by atoms with Crippen molar-refractivity contribution in [3.8, 4) is 0 Å². The van der Waals surface area contributed by atoms with Crippen LogP contribution in [0.5, 0.6) is 0 Å². The monoisotopic (exact) mass is 351 g/mol. The molecule has 0 saturated carbocycles. The highest BCUT2D eigenvalue weighted by molar-refractivity contribution is 9.10. The molecule has 104 valence electrons. The molecule has 20 heavy (non-hydrogen) atoms. The van der Waals surface area contributed by atoms with E-state index >= 15 is 0 Å². The summed E-state index contributed by atoms with van der Waals surface area (Å²) in [5.74, 6) is 0. The Balaban J connectivity index is 2.15. The van der Waals surface area contributed by atoms with Crippen LogP contribution in [0.25, 0.3) is 6.08 Å². The summed E-state index contributed by atoms with van der Waals surface area (Å²) in [6.07, 6.45) is 1.56. The molecule has 0 atom stereocenters. The van der Waals surface area contributed by atoms with Crippen LogP contribution in [-0.4, -0.2) is 8.42 Å². The fourth-order valence-corrected chi connectivity index (χ4v) is 2.83. The maximum Gasteiger partial charge on any atom is 0.255 e. The molecule has 0 aromatic heterocycles. The van der Waals surface area contributed by atoms with Crippen molar-refractivity contribution in [2.45, 2.75) is 6.92 Å². The Morgan fingerprint density at radius 1 is 1.10 bits per heavy atom. The van der Waals surface area contributed by atoms with Gasteiger partial charge in [0.1, 0.15) is 0 Å². The van der Waals surface area contributed by atoms with Crippen LogP contribution in [0.2, 0.25) is 0 Å². The summed E-state index contributed by atoms with van der Waals surface area (Å²) in [4.78, 5) is 0. The van der Waals surface area contributed by atoms with Gasteiger partial charge in [0.05, 0.1) is 5.41 Å². The van der Waals surface area contributed by atoms with E-state index in [0.29, 0.717) is 5.69 Å². The number of rotatable bonds is 4. The van der Waals surface area contributed by atoms with Crippen LogP contribution in [0, 0.1) is 6.92 Å². The molecule has 0 heterocycles. The van der Waals surface area contributed by atoms with Crippen LogP contribution in [0.4, 0.5) is 5.69 Å². The highest BCUT2D eigenvalue weighted by atomic mass is 79.9. The number of sulfonamides is 1. The highest BCUT2D eigenvalue weighted by Gasteiger charge is 2.06. The minimum Gasteiger partial charge on any atom is -0.280 e. The average molecular weight is 352 g/mol. The smallest absolute Gasteiger partial charge is 0.255 e. The third kappa shape index (κ3) is 4.21. The highest BCUT2D eigenvalue weighted by Crippen LogP contribution is 2.21. The van der Waals surface area contributed by atoms with Gasteiger partial charge in [-0.3, -0.25) is 4.72 Å². The summed E-state index contributed by atoms with van der Waals surface area (Å²) in [6.45, 7) is 1.94. The van der Waals surface area contributed by atoms with Crippen molar-refractivity contribution in [1.29, 1.82) is 0 Å². The molecule has 2 rings (SSSR count). The molecule has 1 N–H and O–H groups in total. The molecule has 0 unspecified atom stereocenters. The largest absolute Gasteiger partial charge is 0.280 e. The van der Waals surface area contributed by atoms with Crippen molar-refractivity contribution < 1.29 is 8.42 Å². The van der Waals surface area contributed by atoms with Gasteiger partial charge in [-0.25, -0.2) is 8.42 Å². The predicted molar refractivity (Wildman–Crippen MR) is 86.9 cm³/mol. The maximum atomic E-state index is 12.0. The number of hydrogen-bond acceptors (Lipinski definition) is 2. The Kier molecular flexibility index (Phi) is 4.62. The minimum atomic E-state index is -3.51. The number of nitrogens with one attached hydrogen (secondary N) is 1. The van der Waals surface area contributed by atoms with Gasteiger partial charge in [0.2, 0.25) is 0 Å². The van der Waals surface area contributed by atoms with Gasteiger partial charge in [-0.05, 0) is 36.3 Å². The summed E-state index contributed by atoms with van der Waals surface area (Å²) in [5.41, 5.74) is 2.41. The number of halogens is 1. The van der Waals surface area contributed by atoms with E-state index < -0.39 is 10.0 Å². The van der Waals surface area contributed by atoms with Crippen molar-refractivity contribution in [2.24, 2.45) is 0 Å². The van der Waals surface area contributed by atoms with Gasteiger partial charge in [-0.15, -0.1) is 0 Å². The van der Waals surface area contributed by atoms with Gasteiger partial charge in [0, 0.05) is 10.2 Å². The fraction of sp³-hybridized carbons (Fsp3) is 0.0667. The van der Waals surface area contributed by atoms with E-state index in [1.165, 1.54) is 0 Å². The van der Waals surface area contributed by atoms with Crippen LogP contribution in [-0.2, 0) is 10.0 Å². The molecule has 3 nitrogen and oxygen atoms in total. The molecule has 2 aromatic carbocycles. The van der Waals surface area contributed by atoms with Crippen LogP contribution in [0.3, 0.4) is 0 Å². The summed E-state index contributed by atoms with van der Waals surface area (Å²) >= 11 is 3.38. The zero-order chi connectivity index (χ0) is 14.6. The predicted octanol–water partition coefficient (Wildman–Crippen LogP) is 4.17. The van der Waals surface area contributed by atoms with E-state index in [1.807, 2.05) is 43.3 Å². The van der Waals surface area contributed by atoms with Gasteiger partial charge >= 0.3 is 0 Å². The molecule has 5 heteroatoms. The second-order valence-electron chi connectivity index (χ2n) is 4.32. The van der Waals surface area contributed by atoms with Gasteiger partial charge in [-0.2, -0.15) is 0 Å². The topological polar surface area (TPSA) is 46.2 Å². The van der Waals surface area contributed by atoms with Gasteiger partial charge < -0.3 is 0 Å². The lowest BCUT2D eigenvalue weighted by molar-refractivity contribution is 0.609. The fourth-order valence-electron chi connectivity index (χ4n) is 1.59. The van der Waals surface area contributed by atoms with Crippen molar-refractivity contribution in [2.75, 3.05) is 4.72 Å². The average Bonchev–Trinajstić information content (AvgIpc) is 2.42. The Labute approximate surface area is 127 Å². The standard InChI is InChI=1S/C15H14BrNO2S/c1-12-7-8-14(11-15(12)16)17-20(18,19)10-9-13-5-3-2-4-6-13/h2-11,17H,1H3/b10-9+. The molecule has 0 aliphatic heterocycles. The molecule has 0 amide bonds. The zero-order valence-electron chi connectivity index (χ0n) is 10.9. The third-order valence-corrected chi connectivity index (χ3v) is 4.54. The lowest BCUT2D eigenvalue weighted by atomic mass is 10.2. The SMILES string of the molecule is Cc1ccc(NS(=O)(=O)/C=C/c2ccccc2)cc1Br. The van der Waals surface area contributed by atoms with E-state index in [4.69, 9.17) is 0 Å². The van der Waals surface area contributed by atoms with Crippen LogP contribution >= 0.6 is 15.9 Å². The van der Waals surface area contributed by atoms with E-state index in [2.05, 4.69) is 20.7 Å². The third-order valence-electron chi connectivity index (χ3n) is 2.67.